The van der Waals surface area contributed by atoms with Gasteiger partial charge in [0.2, 0.25) is 12.0 Å². The summed E-state index contributed by atoms with van der Waals surface area (Å²) in [5.41, 5.74) is 0.770. The van der Waals surface area contributed by atoms with Gasteiger partial charge in [-0.15, -0.1) is 0 Å². The lowest BCUT2D eigenvalue weighted by Gasteiger charge is -2.18. The van der Waals surface area contributed by atoms with Crippen LogP contribution in [0.25, 0.3) is 0 Å². The highest BCUT2D eigenvalue weighted by Crippen LogP contribution is 2.27. The first-order valence-corrected chi connectivity index (χ1v) is 10.2. The van der Waals surface area contributed by atoms with Crippen molar-refractivity contribution >= 4 is 29.2 Å². The first kappa shape index (κ1) is 24.5. The molecule has 0 aliphatic carbocycles. The third-order valence-corrected chi connectivity index (χ3v) is 4.58. The molecule has 2 N–H and O–H groups in total. The standard InChI is InChI=1S/C23H27N3O6/c1-15(2)9-12-20(27)24-14-21(28)32-22(17-7-5-4-6-8-17)23(29)25-18-11-10-16(3)13-19(18)26(30)31/h4-8,10-11,13,15,22H,9,12,14H2,1-3H3,(H,24,27)(H,25,29). The van der Waals surface area contributed by atoms with Crippen LogP contribution < -0.4 is 10.6 Å². The lowest BCUT2D eigenvalue weighted by atomic mass is 10.1. The number of hydrogen-bond acceptors (Lipinski definition) is 6. The van der Waals surface area contributed by atoms with Crippen LogP contribution in [0.4, 0.5) is 11.4 Å². The molecule has 0 saturated carbocycles. The maximum absolute atomic E-state index is 12.9. The summed E-state index contributed by atoms with van der Waals surface area (Å²) < 4.78 is 5.34. The van der Waals surface area contributed by atoms with E-state index in [2.05, 4.69) is 10.6 Å². The average Bonchev–Trinajstić information content (AvgIpc) is 2.76. The monoisotopic (exact) mass is 441 g/mol. The molecule has 0 aliphatic rings. The number of carbonyl (C=O) groups excluding carboxylic acids is 3. The maximum atomic E-state index is 12.9. The van der Waals surface area contributed by atoms with Gasteiger partial charge in [-0.2, -0.15) is 0 Å². The van der Waals surface area contributed by atoms with Crippen molar-refractivity contribution in [2.24, 2.45) is 5.92 Å². The van der Waals surface area contributed by atoms with Crippen LogP contribution in [0, 0.1) is 23.0 Å². The van der Waals surface area contributed by atoms with Gasteiger partial charge in [-0.1, -0.05) is 50.2 Å². The predicted octanol–water partition coefficient (Wildman–Crippen LogP) is 3.68. The largest absolute Gasteiger partial charge is 0.446 e. The lowest BCUT2D eigenvalue weighted by Crippen LogP contribution is -2.33. The van der Waals surface area contributed by atoms with E-state index < -0.39 is 29.4 Å². The quantitative estimate of drug-likeness (QED) is 0.329. The summed E-state index contributed by atoms with van der Waals surface area (Å²) in [5, 5.41) is 16.3. The molecule has 2 rings (SSSR count). The molecule has 1 atom stereocenters. The summed E-state index contributed by atoms with van der Waals surface area (Å²) in [7, 11) is 0. The molecule has 170 valence electrons. The number of aryl methyl sites for hydroxylation is 1. The van der Waals surface area contributed by atoms with Gasteiger partial charge in [-0.3, -0.25) is 24.5 Å². The second kappa shape index (κ2) is 11.6. The summed E-state index contributed by atoms with van der Waals surface area (Å²) >= 11 is 0. The molecule has 2 aromatic carbocycles. The Labute approximate surface area is 186 Å². The number of nitro benzene ring substituents is 1. The fraction of sp³-hybridized carbons (Fsp3) is 0.348. The van der Waals surface area contributed by atoms with Crippen LogP contribution in [-0.4, -0.2) is 29.3 Å². The topological polar surface area (TPSA) is 128 Å². The molecular formula is C23H27N3O6. The zero-order valence-corrected chi connectivity index (χ0v) is 18.3. The molecule has 0 bridgehead atoms. The Bertz CT molecular complexity index is 975. The minimum Gasteiger partial charge on any atom is -0.446 e. The first-order chi connectivity index (χ1) is 15.2. The first-order valence-electron chi connectivity index (χ1n) is 10.2. The number of benzene rings is 2. The third kappa shape index (κ3) is 7.50. The second-order valence-corrected chi connectivity index (χ2v) is 7.76. The number of rotatable bonds is 10. The third-order valence-electron chi connectivity index (χ3n) is 4.58. The molecule has 0 heterocycles. The van der Waals surface area contributed by atoms with Gasteiger partial charge in [-0.25, -0.2) is 0 Å². The van der Waals surface area contributed by atoms with Crippen molar-refractivity contribution in [3.8, 4) is 0 Å². The van der Waals surface area contributed by atoms with Crippen LogP contribution in [0.2, 0.25) is 0 Å². The molecule has 0 spiro atoms. The van der Waals surface area contributed by atoms with E-state index in [9.17, 15) is 24.5 Å². The van der Waals surface area contributed by atoms with Crippen LogP contribution in [0.3, 0.4) is 0 Å². The summed E-state index contributed by atoms with van der Waals surface area (Å²) in [6.07, 6.45) is -0.382. The fourth-order valence-corrected chi connectivity index (χ4v) is 2.85. The molecule has 0 fully saturated rings. The van der Waals surface area contributed by atoms with E-state index in [0.29, 0.717) is 23.5 Å². The molecule has 9 nitrogen and oxygen atoms in total. The molecule has 0 aromatic heterocycles. The highest BCUT2D eigenvalue weighted by atomic mass is 16.6. The van der Waals surface area contributed by atoms with E-state index in [1.807, 2.05) is 13.8 Å². The van der Waals surface area contributed by atoms with Crippen LogP contribution in [0.5, 0.6) is 0 Å². The molecule has 0 saturated heterocycles. The highest BCUT2D eigenvalue weighted by Gasteiger charge is 2.27. The smallest absolute Gasteiger partial charge is 0.326 e. The number of anilines is 1. The maximum Gasteiger partial charge on any atom is 0.326 e. The van der Waals surface area contributed by atoms with Crippen molar-refractivity contribution in [2.45, 2.75) is 39.7 Å². The number of nitro groups is 1. The Kier molecular flexibility index (Phi) is 8.88. The predicted molar refractivity (Wildman–Crippen MR) is 119 cm³/mol. The summed E-state index contributed by atoms with van der Waals surface area (Å²) in [4.78, 5) is 47.8. The van der Waals surface area contributed by atoms with Gasteiger partial charge in [0.05, 0.1) is 4.92 Å². The molecule has 0 radical (unpaired) electrons. The number of hydrogen-bond donors (Lipinski definition) is 2. The van der Waals surface area contributed by atoms with Crippen molar-refractivity contribution in [3.05, 3.63) is 69.8 Å². The molecular weight excluding hydrogens is 414 g/mol. The van der Waals surface area contributed by atoms with Crippen molar-refractivity contribution < 1.29 is 24.0 Å². The van der Waals surface area contributed by atoms with Crippen molar-refractivity contribution in [2.75, 3.05) is 11.9 Å². The van der Waals surface area contributed by atoms with E-state index in [1.165, 1.54) is 12.1 Å². The summed E-state index contributed by atoms with van der Waals surface area (Å²) in [5.74, 6) is -1.48. The molecule has 2 aromatic rings. The molecule has 9 heteroatoms. The van der Waals surface area contributed by atoms with Crippen molar-refractivity contribution in [1.29, 1.82) is 0 Å². The molecule has 0 aliphatic heterocycles. The number of esters is 1. The van der Waals surface area contributed by atoms with E-state index >= 15 is 0 Å². The number of ether oxygens (including phenoxy) is 1. The van der Waals surface area contributed by atoms with Crippen molar-refractivity contribution in [3.63, 3.8) is 0 Å². The minimum absolute atomic E-state index is 0.00966. The van der Waals surface area contributed by atoms with E-state index in [0.717, 1.165) is 0 Å². The van der Waals surface area contributed by atoms with Crippen LogP contribution >= 0.6 is 0 Å². The summed E-state index contributed by atoms with van der Waals surface area (Å²) in [6.45, 7) is 5.28. The van der Waals surface area contributed by atoms with Crippen LogP contribution in [-0.2, 0) is 19.1 Å². The summed E-state index contributed by atoms with van der Waals surface area (Å²) in [6, 6.07) is 12.7. The lowest BCUT2D eigenvalue weighted by molar-refractivity contribution is -0.384. The number of carbonyl (C=O) groups is 3. The number of nitrogens with zero attached hydrogens (tertiary/aromatic N) is 1. The van der Waals surface area contributed by atoms with E-state index in [4.69, 9.17) is 4.74 Å². The normalized spacial score (nSPS) is 11.5. The fourth-order valence-electron chi connectivity index (χ4n) is 2.85. The van der Waals surface area contributed by atoms with Gasteiger partial charge in [-0.05, 0) is 30.9 Å². The average molecular weight is 441 g/mol. The van der Waals surface area contributed by atoms with Gasteiger partial charge in [0.15, 0.2) is 0 Å². The van der Waals surface area contributed by atoms with Crippen LogP contribution in [0.1, 0.15) is 43.9 Å². The van der Waals surface area contributed by atoms with Gasteiger partial charge in [0.25, 0.3) is 11.6 Å². The molecule has 2 amide bonds. The minimum atomic E-state index is -1.35. The second-order valence-electron chi connectivity index (χ2n) is 7.76. The zero-order chi connectivity index (χ0) is 23.7. The zero-order valence-electron chi connectivity index (χ0n) is 18.3. The number of amides is 2. The Balaban J connectivity index is 2.13. The number of nitrogens with one attached hydrogen (secondary N) is 2. The Morgan fingerprint density at radius 2 is 1.78 bits per heavy atom. The molecule has 1 unspecified atom stereocenters. The SMILES string of the molecule is Cc1ccc(NC(=O)C(OC(=O)CNC(=O)CCC(C)C)c2ccccc2)c([N+](=O)[O-])c1. The molecule has 32 heavy (non-hydrogen) atoms. The van der Waals surface area contributed by atoms with E-state index in [1.54, 1.807) is 43.3 Å². The Hall–Kier alpha value is -3.75. The Morgan fingerprint density at radius 1 is 1.09 bits per heavy atom. The van der Waals surface area contributed by atoms with Gasteiger partial charge in [0.1, 0.15) is 12.2 Å². The van der Waals surface area contributed by atoms with Gasteiger partial charge < -0.3 is 15.4 Å². The Morgan fingerprint density at radius 3 is 2.41 bits per heavy atom. The van der Waals surface area contributed by atoms with Gasteiger partial charge in [0, 0.05) is 18.1 Å². The highest BCUT2D eigenvalue weighted by molar-refractivity contribution is 5.98. The van der Waals surface area contributed by atoms with Gasteiger partial charge >= 0.3 is 5.97 Å². The van der Waals surface area contributed by atoms with Crippen LogP contribution in [0.15, 0.2) is 48.5 Å². The van der Waals surface area contributed by atoms with E-state index in [-0.39, 0.29) is 23.7 Å². The van der Waals surface area contributed by atoms with Crippen molar-refractivity contribution in [1.82, 2.24) is 5.32 Å².